The van der Waals surface area contributed by atoms with Crippen LogP contribution in [0.1, 0.15) is 47.0 Å². The quantitative estimate of drug-likeness (QED) is 0.789. The van der Waals surface area contributed by atoms with Crippen molar-refractivity contribution in [2.75, 3.05) is 19.6 Å². The van der Waals surface area contributed by atoms with Gasteiger partial charge in [0.2, 0.25) is 0 Å². The van der Waals surface area contributed by atoms with E-state index in [0.29, 0.717) is 0 Å². The van der Waals surface area contributed by atoms with Gasteiger partial charge in [0.05, 0.1) is 0 Å². The van der Waals surface area contributed by atoms with Gasteiger partial charge in [-0.05, 0) is 52.6 Å². The minimum atomic E-state index is 0.138. The molecule has 0 amide bonds. The lowest BCUT2D eigenvalue weighted by molar-refractivity contribution is 0.190. The van der Waals surface area contributed by atoms with Gasteiger partial charge in [0.25, 0.3) is 0 Å². The summed E-state index contributed by atoms with van der Waals surface area (Å²) < 4.78 is 0. The van der Waals surface area contributed by atoms with Crippen molar-refractivity contribution in [3.63, 3.8) is 0 Å². The Bertz CT molecular complexity index is 219. The zero-order valence-electron chi connectivity index (χ0n) is 11.5. The summed E-state index contributed by atoms with van der Waals surface area (Å²) in [6, 6.07) is 0. The fourth-order valence-corrected chi connectivity index (χ4v) is 2.39. The van der Waals surface area contributed by atoms with Crippen LogP contribution in [0.5, 0.6) is 0 Å². The number of rotatable bonds is 4. The number of piperidine rings is 1. The van der Waals surface area contributed by atoms with Gasteiger partial charge >= 0.3 is 0 Å². The second-order valence-corrected chi connectivity index (χ2v) is 6.11. The van der Waals surface area contributed by atoms with Crippen molar-refractivity contribution in [3.8, 4) is 0 Å². The van der Waals surface area contributed by atoms with Crippen LogP contribution in [0.2, 0.25) is 0 Å². The second-order valence-electron chi connectivity index (χ2n) is 6.11. The van der Waals surface area contributed by atoms with Gasteiger partial charge in [0.15, 0.2) is 0 Å². The molecular formula is C14H28N2. The summed E-state index contributed by atoms with van der Waals surface area (Å²) in [5, 5.41) is 3.46. The van der Waals surface area contributed by atoms with Crippen molar-refractivity contribution < 1.29 is 0 Å². The highest BCUT2D eigenvalue weighted by molar-refractivity contribution is 4.99. The number of likely N-dealkylation sites (tertiary alicyclic amines) is 1. The molecule has 1 rings (SSSR count). The molecule has 2 nitrogen and oxygen atoms in total. The van der Waals surface area contributed by atoms with Crippen molar-refractivity contribution in [2.24, 2.45) is 5.92 Å². The van der Waals surface area contributed by atoms with Crippen LogP contribution in [-0.4, -0.2) is 30.1 Å². The van der Waals surface area contributed by atoms with Crippen molar-refractivity contribution in [2.45, 2.75) is 52.5 Å². The summed E-state index contributed by atoms with van der Waals surface area (Å²) in [4.78, 5) is 2.52. The second kappa shape index (κ2) is 5.72. The average Bonchev–Trinajstić information content (AvgIpc) is 2.16. The summed E-state index contributed by atoms with van der Waals surface area (Å²) in [6.07, 6.45) is 4.06. The first-order valence-electron chi connectivity index (χ1n) is 6.59. The minimum absolute atomic E-state index is 0.138. The van der Waals surface area contributed by atoms with E-state index in [4.69, 9.17) is 0 Å². The molecule has 1 saturated heterocycles. The van der Waals surface area contributed by atoms with Gasteiger partial charge in [-0.25, -0.2) is 0 Å². The molecule has 94 valence electrons. The fraction of sp³-hybridized carbons (Fsp3) is 0.857. The zero-order valence-corrected chi connectivity index (χ0v) is 11.5. The van der Waals surface area contributed by atoms with Gasteiger partial charge in [0.1, 0.15) is 0 Å². The molecular weight excluding hydrogens is 196 g/mol. The van der Waals surface area contributed by atoms with Gasteiger partial charge in [-0.15, -0.1) is 0 Å². The summed E-state index contributed by atoms with van der Waals surface area (Å²) in [5.41, 5.74) is 1.29. The molecule has 16 heavy (non-hydrogen) atoms. The molecule has 0 aromatic heterocycles. The van der Waals surface area contributed by atoms with Gasteiger partial charge in [-0.1, -0.05) is 19.9 Å². The van der Waals surface area contributed by atoms with Crippen molar-refractivity contribution in [3.05, 3.63) is 12.3 Å². The standard InChI is InChI=1S/C14H28N2/c1-6-13-7-9-16(10-8-13)11-12(2)15-14(3,4)5/h13,15H,2,6-11H2,1,3-5H3. The van der Waals surface area contributed by atoms with E-state index in [0.717, 1.165) is 18.2 Å². The Kier molecular flexibility index (Phi) is 4.85. The van der Waals surface area contributed by atoms with Crippen molar-refractivity contribution in [1.29, 1.82) is 0 Å². The molecule has 1 N–H and O–H groups in total. The topological polar surface area (TPSA) is 15.3 Å². The van der Waals surface area contributed by atoms with Crippen molar-refractivity contribution in [1.82, 2.24) is 10.2 Å². The van der Waals surface area contributed by atoms with E-state index in [9.17, 15) is 0 Å². The molecule has 1 aliphatic heterocycles. The van der Waals surface area contributed by atoms with Crippen LogP contribution in [0, 0.1) is 5.92 Å². The van der Waals surface area contributed by atoms with Crippen LogP contribution in [0.25, 0.3) is 0 Å². The van der Waals surface area contributed by atoms with Crippen molar-refractivity contribution >= 4 is 0 Å². The van der Waals surface area contributed by atoms with Crippen LogP contribution in [0.4, 0.5) is 0 Å². The number of nitrogens with one attached hydrogen (secondary N) is 1. The zero-order chi connectivity index (χ0) is 12.2. The summed E-state index contributed by atoms with van der Waals surface area (Å²) >= 11 is 0. The average molecular weight is 224 g/mol. The molecule has 0 radical (unpaired) electrons. The van der Waals surface area contributed by atoms with Gasteiger partial charge < -0.3 is 5.32 Å². The molecule has 1 aliphatic rings. The Morgan fingerprint density at radius 2 is 1.88 bits per heavy atom. The monoisotopic (exact) mass is 224 g/mol. The maximum atomic E-state index is 4.12. The van der Waals surface area contributed by atoms with E-state index in [1.165, 1.54) is 32.4 Å². The highest BCUT2D eigenvalue weighted by Crippen LogP contribution is 2.20. The van der Waals surface area contributed by atoms with Gasteiger partial charge in [-0.2, -0.15) is 0 Å². The Labute approximate surface area is 101 Å². The third kappa shape index (κ3) is 5.02. The first-order chi connectivity index (χ1) is 7.40. The number of hydrogen-bond donors (Lipinski definition) is 1. The first-order valence-corrected chi connectivity index (χ1v) is 6.59. The summed E-state index contributed by atoms with van der Waals surface area (Å²) in [6.45, 7) is 16.5. The summed E-state index contributed by atoms with van der Waals surface area (Å²) in [5.74, 6) is 0.958. The molecule has 0 unspecified atom stereocenters. The van der Waals surface area contributed by atoms with E-state index >= 15 is 0 Å². The largest absolute Gasteiger partial charge is 0.383 e. The maximum Gasteiger partial charge on any atom is 0.0375 e. The van der Waals surface area contributed by atoms with Crippen LogP contribution < -0.4 is 5.32 Å². The lowest BCUT2D eigenvalue weighted by atomic mass is 9.94. The Morgan fingerprint density at radius 1 is 1.31 bits per heavy atom. The third-order valence-electron chi connectivity index (χ3n) is 3.25. The molecule has 0 saturated carbocycles. The molecule has 0 aliphatic carbocycles. The molecule has 0 aromatic rings. The molecule has 0 aromatic carbocycles. The minimum Gasteiger partial charge on any atom is -0.383 e. The molecule has 0 bridgehead atoms. The van der Waals surface area contributed by atoms with Crippen LogP contribution in [0.15, 0.2) is 12.3 Å². The smallest absolute Gasteiger partial charge is 0.0375 e. The normalized spacial score (nSPS) is 19.8. The van der Waals surface area contributed by atoms with Crippen LogP contribution in [0.3, 0.4) is 0 Å². The highest BCUT2D eigenvalue weighted by atomic mass is 15.2. The SMILES string of the molecule is C=C(CN1CCC(CC)CC1)NC(C)(C)C. The first kappa shape index (κ1) is 13.6. The fourth-order valence-electron chi connectivity index (χ4n) is 2.39. The van der Waals surface area contributed by atoms with Gasteiger partial charge in [0, 0.05) is 17.8 Å². The molecule has 2 heteroatoms. The predicted molar refractivity (Wildman–Crippen MR) is 71.5 cm³/mol. The number of hydrogen-bond acceptors (Lipinski definition) is 2. The van der Waals surface area contributed by atoms with E-state index in [2.05, 4.69) is 44.5 Å². The van der Waals surface area contributed by atoms with Crippen LogP contribution >= 0.6 is 0 Å². The molecule has 1 heterocycles. The molecule has 1 fully saturated rings. The van der Waals surface area contributed by atoms with Crippen LogP contribution in [-0.2, 0) is 0 Å². The maximum absolute atomic E-state index is 4.12. The van der Waals surface area contributed by atoms with E-state index in [1.807, 2.05) is 0 Å². The lowest BCUT2D eigenvalue weighted by Gasteiger charge is -2.33. The predicted octanol–water partition coefficient (Wildman–Crippen LogP) is 3.01. The Hall–Kier alpha value is -0.500. The van der Waals surface area contributed by atoms with E-state index in [-0.39, 0.29) is 5.54 Å². The lowest BCUT2D eigenvalue weighted by Crippen LogP contribution is -2.41. The van der Waals surface area contributed by atoms with Gasteiger partial charge in [-0.3, -0.25) is 4.90 Å². The van der Waals surface area contributed by atoms with E-state index < -0.39 is 0 Å². The highest BCUT2D eigenvalue weighted by Gasteiger charge is 2.19. The third-order valence-corrected chi connectivity index (χ3v) is 3.25. The Morgan fingerprint density at radius 3 is 2.31 bits per heavy atom. The molecule has 0 atom stereocenters. The summed E-state index contributed by atoms with van der Waals surface area (Å²) in [7, 11) is 0. The van der Waals surface area contributed by atoms with E-state index in [1.54, 1.807) is 0 Å². The Balaban J connectivity index is 2.26. The number of nitrogens with zero attached hydrogens (tertiary/aromatic N) is 1. The molecule has 0 spiro atoms.